The Kier molecular flexibility index (Phi) is 2.49. The van der Waals surface area contributed by atoms with Gasteiger partial charge in [-0.05, 0) is 87.5 Å². The number of benzene rings is 8. The molecular formula is C30H16. The number of fused-ring (bicyclic) bond motifs is 4. The summed E-state index contributed by atoms with van der Waals surface area (Å²) in [5.74, 6) is 0. The van der Waals surface area contributed by atoms with Crippen molar-refractivity contribution in [2.24, 2.45) is 0 Å². The van der Waals surface area contributed by atoms with Crippen LogP contribution in [-0.2, 0) is 0 Å². The summed E-state index contributed by atoms with van der Waals surface area (Å²) in [7, 11) is 0. The summed E-state index contributed by atoms with van der Waals surface area (Å²) in [6.45, 7) is 0. The smallest absolute Gasteiger partial charge is 0.00137 e. The summed E-state index contributed by atoms with van der Waals surface area (Å²) < 4.78 is 0. The first-order valence-electron chi connectivity index (χ1n) is 10.5. The molecule has 0 fully saturated rings. The average molecular weight is 376 g/mol. The first kappa shape index (κ1) is 15.0. The molecule has 0 atom stereocenters. The molecule has 0 heteroatoms. The van der Waals surface area contributed by atoms with Crippen LogP contribution < -0.4 is 0 Å². The molecule has 30 heavy (non-hydrogen) atoms. The van der Waals surface area contributed by atoms with Crippen molar-refractivity contribution in [3.8, 4) is 0 Å². The zero-order chi connectivity index (χ0) is 19.4. The van der Waals surface area contributed by atoms with E-state index in [1.54, 1.807) is 0 Å². The van der Waals surface area contributed by atoms with Crippen molar-refractivity contribution < 1.29 is 0 Å². The average Bonchev–Trinajstić information content (AvgIpc) is 2.80. The topological polar surface area (TPSA) is 0 Å². The maximum absolute atomic E-state index is 2.44. The van der Waals surface area contributed by atoms with E-state index in [2.05, 4.69) is 97.1 Å². The van der Waals surface area contributed by atoms with E-state index >= 15 is 0 Å². The molecule has 8 rings (SSSR count). The second-order valence-corrected chi connectivity index (χ2v) is 8.53. The van der Waals surface area contributed by atoms with Crippen molar-refractivity contribution in [2.75, 3.05) is 0 Å². The fourth-order valence-corrected chi connectivity index (χ4v) is 5.90. The zero-order valence-corrected chi connectivity index (χ0v) is 16.2. The van der Waals surface area contributed by atoms with Gasteiger partial charge in [-0.2, -0.15) is 0 Å². The molecule has 0 aliphatic heterocycles. The van der Waals surface area contributed by atoms with Crippen molar-refractivity contribution in [1.82, 2.24) is 0 Å². The molecule has 0 aliphatic rings. The van der Waals surface area contributed by atoms with Crippen LogP contribution in [0.2, 0.25) is 0 Å². The lowest BCUT2D eigenvalue weighted by Crippen LogP contribution is -1.91. The Morgan fingerprint density at radius 2 is 0.867 bits per heavy atom. The molecule has 0 amide bonds. The standard InChI is InChI=1S/C30H16/c1-2-8-21-19(5-1)15-20-16-26-23-10-4-7-17-6-3-9-22(27(17)23)25-14-12-18-11-13-24(21)28(20)29(18)30(25)26/h1-16H. The van der Waals surface area contributed by atoms with Gasteiger partial charge >= 0.3 is 0 Å². The summed E-state index contributed by atoms with van der Waals surface area (Å²) in [5, 5.41) is 19.1. The third kappa shape index (κ3) is 1.62. The van der Waals surface area contributed by atoms with Gasteiger partial charge in [0, 0.05) is 0 Å². The molecule has 0 aromatic heterocycles. The van der Waals surface area contributed by atoms with E-state index in [-0.39, 0.29) is 0 Å². The first-order valence-corrected chi connectivity index (χ1v) is 10.5. The van der Waals surface area contributed by atoms with Gasteiger partial charge in [0.2, 0.25) is 0 Å². The van der Waals surface area contributed by atoms with Crippen molar-refractivity contribution >= 4 is 75.4 Å². The van der Waals surface area contributed by atoms with Crippen molar-refractivity contribution in [3.63, 3.8) is 0 Å². The van der Waals surface area contributed by atoms with E-state index in [1.165, 1.54) is 75.4 Å². The SMILES string of the molecule is c1ccc2c(c1)cc1cc3c4cccc5cccc(c6ccc7ccc2c1c7c63)c54. The van der Waals surface area contributed by atoms with Crippen LogP contribution in [0.1, 0.15) is 0 Å². The van der Waals surface area contributed by atoms with E-state index in [9.17, 15) is 0 Å². The van der Waals surface area contributed by atoms with Gasteiger partial charge in [0.15, 0.2) is 0 Å². The maximum atomic E-state index is 2.44. The first-order chi connectivity index (χ1) is 14.9. The van der Waals surface area contributed by atoms with Crippen LogP contribution in [0.3, 0.4) is 0 Å². The van der Waals surface area contributed by atoms with E-state index in [4.69, 9.17) is 0 Å². The minimum absolute atomic E-state index is 1.31. The van der Waals surface area contributed by atoms with E-state index in [1.807, 2.05) is 0 Å². The third-order valence-corrected chi connectivity index (χ3v) is 7.09. The molecular weight excluding hydrogens is 360 g/mol. The second-order valence-electron chi connectivity index (χ2n) is 8.53. The minimum atomic E-state index is 1.31. The molecule has 0 saturated carbocycles. The maximum Gasteiger partial charge on any atom is -0.00137 e. The van der Waals surface area contributed by atoms with Crippen LogP contribution in [0.4, 0.5) is 0 Å². The normalized spacial score (nSPS) is 12.7. The van der Waals surface area contributed by atoms with Crippen LogP contribution >= 0.6 is 0 Å². The van der Waals surface area contributed by atoms with Crippen molar-refractivity contribution in [1.29, 1.82) is 0 Å². The fraction of sp³-hybridized carbons (Fsp3) is 0. The third-order valence-electron chi connectivity index (χ3n) is 7.09. The highest BCUT2D eigenvalue weighted by Crippen LogP contribution is 2.46. The molecule has 0 heterocycles. The molecule has 0 spiro atoms. The molecule has 0 bridgehead atoms. The highest BCUT2D eigenvalue weighted by atomic mass is 14.2. The Morgan fingerprint density at radius 3 is 1.70 bits per heavy atom. The Balaban J connectivity index is 1.82. The number of hydrogen-bond donors (Lipinski definition) is 0. The fourth-order valence-electron chi connectivity index (χ4n) is 5.90. The van der Waals surface area contributed by atoms with Crippen LogP contribution in [0.25, 0.3) is 75.4 Å². The molecule has 0 nitrogen and oxygen atoms in total. The van der Waals surface area contributed by atoms with Crippen LogP contribution in [0.5, 0.6) is 0 Å². The Hall–Kier alpha value is -3.90. The van der Waals surface area contributed by atoms with E-state index < -0.39 is 0 Å². The summed E-state index contributed by atoms with van der Waals surface area (Å²) in [6, 6.07) is 36.3. The summed E-state index contributed by atoms with van der Waals surface area (Å²) >= 11 is 0. The highest BCUT2D eigenvalue weighted by molar-refractivity contribution is 6.41. The second kappa shape index (κ2) is 4.98. The van der Waals surface area contributed by atoms with Crippen LogP contribution in [-0.4, -0.2) is 0 Å². The van der Waals surface area contributed by atoms with Crippen LogP contribution in [0.15, 0.2) is 97.1 Å². The zero-order valence-electron chi connectivity index (χ0n) is 16.2. The summed E-state index contributed by atoms with van der Waals surface area (Å²) in [6.07, 6.45) is 0. The highest BCUT2D eigenvalue weighted by Gasteiger charge is 2.18. The van der Waals surface area contributed by atoms with Crippen LogP contribution in [0, 0.1) is 0 Å². The lowest BCUT2D eigenvalue weighted by atomic mass is 9.84. The lowest BCUT2D eigenvalue weighted by molar-refractivity contribution is 1.79. The van der Waals surface area contributed by atoms with Gasteiger partial charge in [-0.1, -0.05) is 84.9 Å². The molecule has 136 valence electrons. The van der Waals surface area contributed by atoms with E-state index in [0.29, 0.717) is 0 Å². The molecule has 0 aliphatic carbocycles. The summed E-state index contributed by atoms with van der Waals surface area (Å²) in [4.78, 5) is 0. The van der Waals surface area contributed by atoms with Gasteiger partial charge in [0.1, 0.15) is 0 Å². The largest absolute Gasteiger partial charge is 0.0616 e. The van der Waals surface area contributed by atoms with E-state index in [0.717, 1.165) is 0 Å². The van der Waals surface area contributed by atoms with Crippen molar-refractivity contribution in [2.45, 2.75) is 0 Å². The molecule has 0 N–H and O–H groups in total. The Labute approximate surface area is 172 Å². The molecule has 0 radical (unpaired) electrons. The number of rotatable bonds is 0. The van der Waals surface area contributed by atoms with Crippen molar-refractivity contribution in [3.05, 3.63) is 97.1 Å². The minimum Gasteiger partial charge on any atom is -0.0616 e. The predicted molar refractivity (Wildman–Crippen MR) is 131 cm³/mol. The summed E-state index contributed by atoms with van der Waals surface area (Å²) in [5.41, 5.74) is 0. The van der Waals surface area contributed by atoms with Gasteiger partial charge in [0.05, 0.1) is 0 Å². The molecule has 0 saturated heterocycles. The van der Waals surface area contributed by atoms with Gasteiger partial charge < -0.3 is 0 Å². The number of hydrogen-bond acceptors (Lipinski definition) is 0. The van der Waals surface area contributed by atoms with Gasteiger partial charge in [0.25, 0.3) is 0 Å². The Bertz CT molecular complexity index is 1930. The monoisotopic (exact) mass is 376 g/mol. The molecule has 8 aromatic rings. The van der Waals surface area contributed by atoms with Gasteiger partial charge in [-0.15, -0.1) is 0 Å². The molecule has 8 aromatic carbocycles. The predicted octanol–water partition coefficient (Wildman–Crippen LogP) is 8.63. The molecule has 0 unspecified atom stereocenters. The lowest BCUT2D eigenvalue weighted by Gasteiger charge is -2.19. The Morgan fingerprint density at radius 1 is 0.267 bits per heavy atom. The van der Waals surface area contributed by atoms with Gasteiger partial charge in [-0.3, -0.25) is 0 Å². The quantitative estimate of drug-likeness (QED) is 0.183. The van der Waals surface area contributed by atoms with Gasteiger partial charge in [-0.25, -0.2) is 0 Å².